The molecule has 0 bridgehead atoms. The zero-order valence-electron chi connectivity index (χ0n) is 18.1. The van der Waals surface area contributed by atoms with Crippen molar-refractivity contribution in [2.75, 3.05) is 44.2 Å². The number of hydrogen-bond donors (Lipinski definition) is 0. The molecule has 0 radical (unpaired) electrons. The van der Waals surface area contributed by atoms with E-state index in [4.69, 9.17) is 4.74 Å². The SMILES string of the molecule is CCOC(=O)N1CCN(C(=O)c2ccc3c(c2)N(CC)C(=O)c2ccccc2S3=O)CC1. The molecule has 0 aromatic heterocycles. The summed E-state index contributed by atoms with van der Waals surface area (Å²) in [5.41, 5.74) is 1.32. The Balaban J connectivity index is 1.61. The van der Waals surface area contributed by atoms with Crippen LogP contribution in [-0.4, -0.2) is 71.2 Å². The van der Waals surface area contributed by atoms with Crippen molar-refractivity contribution >= 4 is 34.4 Å². The van der Waals surface area contributed by atoms with Gasteiger partial charge in [0.1, 0.15) is 0 Å². The largest absolute Gasteiger partial charge is 0.450 e. The van der Waals surface area contributed by atoms with Gasteiger partial charge in [-0.15, -0.1) is 0 Å². The molecule has 2 heterocycles. The minimum absolute atomic E-state index is 0.188. The molecule has 1 atom stereocenters. The van der Waals surface area contributed by atoms with Crippen molar-refractivity contribution in [2.24, 2.45) is 0 Å². The highest BCUT2D eigenvalue weighted by molar-refractivity contribution is 7.85. The van der Waals surface area contributed by atoms with Gasteiger partial charge in [-0.3, -0.25) is 9.59 Å². The van der Waals surface area contributed by atoms with Gasteiger partial charge in [-0.05, 0) is 44.2 Å². The molecule has 3 amide bonds. The van der Waals surface area contributed by atoms with Crippen LogP contribution in [0.1, 0.15) is 34.6 Å². The van der Waals surface area contributed by atoms with Crippen LogP contribution >= 0.6 is 0 Å². The number of nitrogens with zero attached hydrogens (tertiary/aromatic N) is 3. The standard InChI is InChI=1S/C23H25N3O5S/c1-3-26-18-15-16(21(27)24-11-13-25(14-12-24)23(29)31-4-2)9-10-20(18)32(30)19-8-6-5-7-17(19)22(26)28/h5-10,15H,3-4,11-14H2,1-2H3. The number of rotatable bonds is 3. The van der Waals surface area contributed by atoms with Gasteiger partial charge in [0, 0.05) is 38.3 Å². The van der Waals surface area contributed by atoms with E-state index in [1.807, 2.05) is 6.92 Å². The minimum Gasteiger partial charge on any atom is -0.450 e. The lowest BCUT2D eigenvalue weighted by atomic mass is 10.1. The molecule has 168 valence electrons. The zero-order chi connectivity index (χ0) is 22.8. The molecule has 4 rings (SSSR count). The van der Waals surface area contributed by atoms with Gasteiger partial charge in [-0.2, -0.15) is 0 Å². The van der Waals surface area contributed by atoms with Gasteiger partial charge in [0.2, 0.25) is 0 Å². The molecule has 0 N–H and O–H groups in total. The maximum absolute atomic E-state index is 13.3. The third-order valence-corrected chi connectivity index (χ3v) is 7.17. The second-order valence-electron chi connectivity index (χ2n) is 7.47. The van der Waals surface area contributed by atoms with Gasteiger partial charge in [0.15, 0.2) is 0 Å². The van der Waals surface area contributed by atoms with Crippen LogP contribution in [0.4, 0.5) is 10.5 Å². The number of anilines is 1. The number of hydrogen-bond acceptors (Lipinski definition) is 5. The maximum atomic E-state index is 13.3. The predicted molar refractivity (Wildman–Crippen MR) is 119 cm³/mol. The second-order valence-corrected chi connectivity index (χ2v) is 8.89. The van der Waals surface area contributed by atoms with Gasteiger partial charge >= 0.3 is 6.09 Å². The van der Waals surface area contributed by atoms with E-state index in [-0.39, 0.29) is 17.9 Å². The number of ether oxygens (including phenoxy) is 1. The molecular formula is C23H25N3O5S. The maximum Gasteiger partial charge on any atom is 0.409 e. The summed E-state index contributed by atoms with van der Waals surface area (Å²) in [6, 6.07) is 11.9. The lowest BCUT2D eigenvalue weighted by Crippen LogP contribution is -2.50. The molecule has 1 fully saturated rings. The fourth-order valence-corrected chi connectivity index (χ4v) is 5.34. The zero-order valence-corrected chi connectivity index (χ0v) is 18.9. The van der Waals surface area contributed by atoms with Crippen LogP contribution in [-0.2, 0) is 15.5 Å². The first-order valence-corrected chi connectivity index (χ1v) is 11.8. The first-order chi connectivity index (χ1) is 15.5. The van der Waals surface area contributed by atoms with Crippen molar-refractivity contribution in [3.8, 4) is 0 Å². The fraction of sp³-hybridized carbons (Fsp3) is 0.348. The summed E-state index contributed by atoms with van der Waals surface area (Å²) in [5.74, 6) is -0.421. The van der Waals surface area contributed by atoms with E-state index in [2.05, 4.69) is 0 Å². The van der Waals surface area contributed by atoms with Crippen molar-refractivity contribution in [3.05, 3.63) is 53.6 Å². The van der Waals surface area contributed by atoms with Gasteiger partial charge < -0.3 is 19.4 Å². The van der Waals surface area contributed by atoms with Crippen molar-refractivity contribution in [1.82, 2.24) is 9.80 Å². The summed E-state index contributed by atoms with van der Waals surface area (Å²) < 4.78 is 18.3. The van der Waals surface area contributed by atoms with E-state index in [1.165, 1.54) is 0 Å². The highest BCUT2D eigenvalue weighted by atomic mass is 32.2. The number of piperazine rings is 1. The van der Waals surface area contributed by atoms with Crippen LogP contribution in [0, 0.1) is 0 Å². The number of carbonyl (C=O) groups excluding carboxylic acids is 3. The van der Waals surface area contributed by atoms with Gasteiger partial charge in [0.25, 0.3) is 11.8 Å². The Labute approximate surface area is 189 Å². The second kappa shape index (κ2) is 9.12. The number of benzene rings is 2. The molecule has 0 saturated carbocycles. The Morgan fingerprint density at radius 3 is 2.34 bits per heavy atom. The summed E-state index contributed by atoms with van der Waals surface area (Å²) in [5, 5.41) is 0. The van der Waals surface area contributed by atoms with Crippen LogP contribution in [0.5, 0.6) is 0 Å². The van der Waals surface area contributed by atoms with E-state index < -0.39 is 10.8 Å². The Morgan fingerprint density at radius 2 is 1.66 bits per heavy atom. The quantitative estimate of drug-likeness (QED) is 0.710. The highest BCUT2D eigenvalue weighted by Gasteiger charge is 2.32. The Hall–Kier alpha value is -3.20. The molecule has 2 aliphatic heterocycles. The molecule has 1 saturated heterocycles. The molecule has 2 aliphatic rings. The number of carbonyl (C=O) groups is 3. The van der Waals surface area contributed by atoms with Crippen molar-refractivity contribution in [2.45, 2.75) is 23.6 Å². The molecule has 0 spiro atoms. The minimum atomic E-state index is -1.53. The number of fused-ring (bicyclic) bond motifs is 2. The van der Waals surface area contributed by atoms with Crippen molar-refractivity contribution < 1.29 is 23.3 Å². The third-order valence-electron chi connectivity index (χ3n) is 5.67. The molecule has 9 heteroatoms. The summed E-state index contributed by atoms with van der Waals surface area (Å²) in [6.45, 7) is 5.87. The van der Waals surface area contributed by atoms with Crippen LogP contribution < -0.4 is 4.90 Å². The molecule has 8 nitrogen and oxygen atoms in total. The topological polar surface area (TPSA) is 87.2 Å². The van der Waals surface area contributed by atoms with E-state index in [9.17, 15) is 18.6 Å². The molecule has 0 aliphatic carbocycles. The van der Waals surface area contributed by atoms with Crippen LogP contribution in [0.2, 0.25) is 0 Å². The lowest BCUT2D eigenvalue weighted by molar-refractivity contribution is 0.0570. The first kappa shape index (κ1) is 22.0. The summed E-state index contributed by atoms with van der Waals surface area (Å²) in [6.07, 6.45) is -0.372. The van der Waals surface area contributed by atoms with Crippen molar-refractivity contribution in [1.29, 1.82) is 0 Å². The van der Waals surface area contributed by atoms with Crippen molar-refractivity contribution in [3.63, 3.8) is 0 Å². The summed E-state index contributed by atoms with van der Waals surface area (Å²) >= 11 is 0. The fourth-order valence-electron chi connectivity index (χ4n) is 4.00. The average molecular weight is 456 g/mol. The number of amides is 3. The Kier molecular flexibility index (Phi) is 6.27. The van der Waals surface area contributed by atoms with E-state index in [1.54, 1.807) is 64.1 Å². The normalized spacial score (nSPS) is 18.0. The highest BCUT2D eigenvalue weighted by Crippen LogP contribution is 2.35. The Bertz CT molecular complexity index is 1090. The lowest BCUT2D eigenvalue weighted by Gasteiger charge is -2.34. The molecular weight excluding hydrogens is 430 g/mol. The molecule has 1 unspecified atom stereocenters. The average Bonchev–Trinajstić information content (AvgIpc) is 2.91. The van der Waals surface area contributed by atoms with Gasteiger partial charge in [-0.1, -0.05) is 12.1 Å². The third kappa shape index (κ3) is 3.88. The van der Waals surface area contributed by atoms with Crippen LogP contribution in [0.3, 0.4) is 0 Å². The monoisotopic (exact) mass is 455 g/mol. The first-order valence-electron chi connectivity index (χ1n) is 10.6. The molecule has 32 heavy (non-hydrogen) atoms. The van der Waals surface area contributed by atoms with Gasteiger partial charge in [0.05, 0.1) is 38.4 Å². The predicted octanol–water partition coefficient (Wildman–Crippen LogP) is 2.75. The van der Waals surface area contributed by atoms with Crippen LogP contribution in [0.25, 0.3) is 0 Å². The van der Waals surface area contributed by atoms with E-state index >= 15 is 0 Å². The van der Waals surface area contributed by atoms with E-state index in [0.29, 0.717) is 65.9 Å². The smallest absolute Gasteiger partial charge is 0.409 e. The summed E-state index contributed by atoms with van der Waals surface area (Å²) in [7, 11) is -1.53. The van der Waals surface area contributed by atoms with Gasteiger partial charge in [-0.25, -0.2) is 9.00 Å². The van der Waals surface area contributed by atoms with E-state index in [0.717, 1.165) is 0 Å². The summed E-state index contributed by atoms with van der Waals surface area (Å²) in [4.78, 5) is 44.0. The van der Waals surface area contributed by atoms with Crippen LogP contribution in [0.15, 0.2) is 52.3 Å². The Morgan fingerprint density at radius 1 is 0.969 bits per heavy atom. The molecule has 2 aromatic rings. The molecule has 2 aromatic carbocycles.